The topological polar surface area (TPSA) is 78.0 Å². The number of hydrogen-bond donors (Lipinski definition) is 1. The van der Waals surface area contributed by atoms with Crippen molar-refractivity contribution < 1.29 is 9.18 Å². The lowest BCUT2D eigenvalue weighted by molar-refractivity contribution is 0.1000. The largest absolute Gasteiger partial charge is 0.366 e. The van der Waals surface area contributed by atoms with Crippen molar-refractivity contribution in [2.24, 2.45) is 5.73 Å². The first kappa shape index (κ1) is 12.0. The summed E-state index contributed by atoms with van der Waals surface area (Å²) in [7, 11) is 0. The Morgan fingerprint density at radius 1 is 1.44 bits per heavy atom. The third kappa shape index (κ3) is 2.42. The molecule has 0 aliphatic carbocycles. The van der Waals surface area contributed by atoms with Gasteiger partial charge in [-0.3, -0.25) is 9.36 Å². The van der Waals surface area contributed by atoms with Crippen molar-refractivity contribution in [2.75, 3.05) is 0 Å². The molecular weight excluding hydrogens is 237 g/mol. The zero-order chi connectivity index (χ0) is 13.1. The van der Waals surface area contributed by atoms with Crippen molar-refractivity contribution in [2.45, 2.75) is 6.54 Å². The minimum Gasteiger partial charge on any atom is -0.366 e. The Labute approximate surface area is 102 Å². The Balaban J connectivity index is 2.33. The van der Waals surface area contributed by atoms with Gasteiger partial charge in [0, 0.05) is 23.5 Å². The molecule has 0 aliphatic rings. The normalized spacial score (nSPS) is 10.3. The van der Waals surface area contributed by atoms with Gasteiger partial charge < -0.3 is 5.73 Å². The Bertz CT molecular complexity index is 652. The van der Waals surface area contributed by atoms with E-state index in [1.165, 1.54) is 29.1 Å². The van der Waals surface area contributed by atoms with E-state index in [4.69, 9.17) is 5.73 Å². The van der Waals surface area contributed by atoms with Gasteiger partial charge in [0.2, 0.25) is 5.91 Å². The number of primary amides is 1. The number of benzene rings is 1. The SMILES string of the molecule is NC(=O)c1ccc(Cn2cccnc2=O)c(F)c1. The predicted octanol–water partition coefficient (Wildman–Crippen LogP) is 0.530. The van der Waals surface area contributed by atoms with E-state index in [2.05, 4.69) is 4.98 Å². The lowest BCUT2D eigenvalue weighted by Crippen LogP contribution is -2.22. The van der Waals surface area contributed by atoms with Crippen LogP contribution in [0.2, 0.25) is 0 Å². The molecule has 1 heterocycles. The maximum Gasteiger partial charge on any atom is 0.347 e. The van der Waals surface area contributed by atoms with Gasteiger partial charge in [-0.1, -0.05) is 6.07 Å². The summed E-state index contributed by atoms with van der Waals surface area (Å²) in [4.78, 5) is 25.8. The second-order valence-corrected chi connectivity index (χ2v) is 3.70. The van der Waals surface area contributed by atoms with Crippen molar-refractivity contribution in [3.05, 3.63) is 64.1 Å². The number of nitrogens with two attached hydrogens (primary N) is 1. The molecule has 2 aromatic rings. The van der Waals surface area contributed by atoms with Crippen molar-refractivity contribution >= 4 is 5.91 Å². The smallest absolute Gasteiger partial charge is 0.347 e. The summed E-state index contributed by atoms with van der Waals surface area (Å²) in [6, 6.07) is 5.48. The number of nitrogens with zero attached hydrogens (tertiary/aromatic N) is 2. The van der Waals surface area contributed by atoms with E-state index in [9.17, 15) is 14.0 Å². The highest BCUT2D eigenvalue weighted by molar-refractivity contribution is 5.92. The standard InChI is InChI=1S/C12H10FN3O2/c13-10-6-8(11(14)17)2-3-9(10)7-16-5-1-4-15-12(16)18/h1-6H,7H2,(H2,14,17). The summed E-state index contributed by atoms with van der Waals surface area (Å²) in [6.45, 7) is 0.0531. The molecule has 2 rings (SSSR count). The molecule has 0 radical (unpaired) electrons. The van der Waals surface area contributed by atoms with Gasteiger partial charge in [0.15, 0.2) is 0 Å². The van der Waals surface area contributed by atoms with Crippen molar-refractivity contribution in [1.29, 1.82) is 0 Å². The van der Waals surface area contributed by atoms with E-state index in [0.717, 1.165) is 6.07 Å². The molecule has 6 heteroatoms. The van der Waals surface area contributed by atoms with Gasteiger partial charge in [-0.25, -0.2) is 14.2 Å². The molecule has 0 fully saturated rings. The molecule has 0 bridgehead atoms. The van der Waals surface area contributed by atoms with Crippen LogP contribution in [0.3, 0.4) is 0 Å². The summed E-state index contributed by atoms with van der Waals surface area (Å²) in [5.41, 5.74) is 4.96. The molecule has 92 valence electrons. The first-order valence-corrected chi connectivity index (χ1v) is 5.17. The van der Waals surface area contributed by atoms with Crippen molar-refractivity contribution in [1.82, 2.24) is 9.55 Å². The van der Waals surface area contributed by atoms with Gasteiger partial charge in [-0.15, -0.1) is 0 Å². The van der Waals surface area contributed by atoms with Crippen LogP contribution < -0.4 is 11.4 Å². The van der Waals surface area contributed by atoms with Crippen molar-refractivity contribution in [3.63, 3.8) is 0 Å². The van der Waals surface area contributed by atoms with Gasteiger partial charge in [0.1, 0.15) is 5.82 Å². The van der Waals surface area contributed by atoms with Crippen LogP contribution in [-0.2, 0) is 6.54 Å². The van der Waals surface area contributed by atoms with E-state index in [0.29, 0.717) is 0 Å². The van der Waals surface area contributed by atoms with Crippen LogP contribution in [0.25, 0.3) is 0 Å². The highest BCUT2D eigenvalue weighted by Crippen LogP contribution is 2.11. The Kier molecular flexibility index (Phi) is 3.18. The molecule has 18 heavy (non-hydrogen) atoms. The summed E-state index contributed by atoms with van der Waals surface area (Å²) in [6.07, 6.45) is 2.88. The zero-order valence-corrected chi connectivity index (χ0v) is 9.34. The van der Waals surface area contributed by atoms with Gasteiger partial charge in [0.25, 0.3) is 0 Å². The quantitative estimate of drug-likeness (QED) is 0.859. The molecule has 1 aromatic heterocycles. The lowest BCUT2D eigenvalue weighted by Gasteiger charge is -2.06. The number of amides is 1. The van der Waals surface area contributed by atoms with E-state index >= 15 is 0 Å². The Morgan fingerprint density at radius 2 is 2.22 bits per heavy atom. The number of halogens is 1. The molecule has 0 spiro atoms. The number of carbonyl (C=O) groups excluding carboxylic acids is 1. The molecule has 5 nitrogen and oxygen atoms in total. The van der Waals surface area contributed by atoms with E-state index < -0.39 is 17.4 Å². The maximum absolute atomic E-state index is 13.7. The fourth-order valence-corrected chi connectivity index (χ4v) is 1.52. The lowest BCUT2D eigenvalue weighted by atomic mass is 10.1. The van der Waals surface area contributed by atoms with Gasteiger partial charge in [0.05, 0.1) is 6.54 Å². The minimum absolute atomic E-state index is 0.0531. The van der Waals surface area contributed by atoms with Crippen molar-refractivity contribution in [3.8, 4) is 0 Å². The molecule has 1 aromatic carbocycles. The molecule has 1 amide bonds. The highest BCUT2D eigenvalue weighted by atomic mass is 19.1. The molecule has 0 aliphatic heterocycles. The number of aromatic nitrogens is 2. The minimum atomic E-state index is -0.695. The third-order valence-electron chi connectivity index (χ3n) is 2.46. The second-order valence-electron chi connectivity index (χ2n) is 3.70. The van der Waals surface area contributed by atoms with E-state index in [1.54, 1.807) is 6.07 Å². The van der Waals surface area contributed by atoms with Crippen LogP contribution in [0.15, 0.2) is 41.5 Å². The van der Waals surface area contributed by atoms with Crippen LogP contribution in [0.1, 0.15) is 15.9 Å². The van der Waals surface area contributed by atoms with Crippen LogP contribution in [0, 0.1) is 5.82 Å². The fraction of sp³-hybridized carbons (Fsp3) is 0.0833. The molecule has 0 unspecified atom stereocenters. The number of carbonyl (C=O) groups is 1. The summed E-state index contributed by atoms with van der Waals surface area (Å²) in [5.74, 6) is -1.28. The third-order valence-corrected chi connectivity index (χ3v) is 2.46. The van der Waals surface area contributed by atoms with Crippen LogP contribution >= 0.6 is 0 Å². The van der Waals surface area contributed by atoms with Gasteiger partial charge in [-0.2, -0.15) is 0 Å². The van der Waals surface area contributed by atoms with E-state index in [-0.39, 0.29) is 17.7 Å². The highest BCUT2D eigenvalue weighted by Gasteiger charge is 2.08. The van der Waals surface area contributed by atoms with Crippen LogP contribution in [0.5, 0.6) is 0 Å². The average molecular weight is 247 g/mol. The average Bonchev–Trinajstić information content (AvgIpc) is 2.34. The van der Waals surface area contributed by atoms with Gasteiger partial charge >= 0.3 is 5.69 Å². The monoisotopic (exact) mass is 247 g/mol. The first-order valence-electron chi connectivity index (χ1n) is 5.17. The summed E-state index contributed by atoms with van der Waals surface area (Å²) < 4.78 is 15.0. The molecular formula is C12H10FN3O2. The van der Waals surface area contributed by atoms with Crippen LogP contribution in [0.4, 0.5) is 4.39 Å². The number of hydrogen-bond acceptors (Lipinski definition) is 3. The van der Waals surface area contributed by atoms with E-state index in [1.807, 2.05) is 0 Å². The second kappa shape index (κ2) is 4.79. The predicted molar refractivity (Wildman–Crippen MR) is 62.5 cm³/mol. The first-order chi connectivity index (χ1) is 8.58. The Morgan fingerprint density at radius 3 is 2.83 bits per heavy atom. The summed E-state index contributed by atoms with van der Waals surface area (Å²) in [5, 5.41) is 0. The molecule has 0 saturated heterocycles. The van der Waals surface area contributed by atoms with Gasteiger partial charge in [-0.05, 0) is 18.2 Å². The molecule has 0 saturated carbocycles. The zero-order valence-electron chi connectivity index (χ0n) is 9.34. The fourth-order valence-electron chi connectivity index (χ4n) is 1.52. The van der Waals surface area contributed by atoms with Crippen LogP contribution in [-0.4, -0.2) is 15.5 Å². The number of rotatable bonds is 3. The maximum atomic E-state index is 13.7. The summed E-state index contributed by atoms with van der Waals surface area (Å²) >= 11 is 0. The molecule has 0 atom stereocenters. The molecule has 2 N–H and O–H groups in total. The Hall–Kier alpha value is -2.50.